The average Bonchev–Trinajstić information content (AvgIpc) is 3.42. The number of furan rings is 1. The maximum Gasteiger partial charge on any atom is 0.258 e. The number of hydrogen-bond donors (Lipinski definition) is 0. The molecular formula is C23H26N2O5. The maximum absolute atomic E-state index is 6.04. The minimum Gasteiger partial charge on any atom is -0.493 e. The Morgan fingerprint density at radius 3 is 2.73 bits per heavy atom. The Bertz CT molecular complexity index is 944. The number of nitrogens with zero attached hydrogens (tertiary/aromatic N) is 2. The fourth-order valence-electron chi connectivity index (χ4n) is 3.62. The summed E-state index contributed by atoms with van der Waals surface area (Å²) in [5, 5.41) is 4.25. The predicted molar refractivity (Wildman–Crippen MR) is 111 cm³/mol. The number of rotatable bonds is 9. The van der Waals surface area contributed by atoms with E-state index in [0.29, 0.717) is 49.4 Å². The predicted octanol–water partition coefficient (Wildman–Crippen LogP) is 4.01. The van der Waals surface area contributed by atoms with Gasteiger partial charge in [-0.2, -0.15) is 0 Å². The first-order chi connectivity index (χ1) is 14.8. The maximum atomic E-state index is 6.04. The Kier molecular flexibility index (Phi) is 6.51. The summed E-state index contributed by atoms with van der Waals surface area (Å²) in [5.74, 6) is 2.52. The van der Waals surface area contributed by atoms with Crippen molar-refractivity contribution in [2.75, 3.05) is 33.4 Å². The quantitative estimate of drug-likeness (QED) is 0.494. The van der Waals surface area contributed by atoms with E-state index in [1.807, 2.05) is 36.4 Å². The molecule has 1 saturated heterocycles. The van der Waals surface area contributed by atoms with Crippen molar-refractivity contribution < 1.29 is 23.2 Å². The van der Waals surface area contributed by atoms with Gasteiger partial charge in [0, 0.05) is 25.6 Å². The van der Waals surface area contributed by atoms with E-state index in [4.69, 9.17) is 23.2 Å². The first-order valence-electron chi connectivity index (χ1n) is 10.00. The fourth-order valence-corrected chi connectivity index (χ4v) is 3.62. The summed E-state index contributed by atoms with van der Waals surface area (Å²) in [6, 6.07) is 11.6. The minimum atomic E-state index is -0.133. The topological polar surface area (TPSA) is 70.1 Å². The second kappa shape index (κ2) is 9.65. The molecule has 1 atom stereocenters. The van der Waals surface area contributed by atoms with Crippen LogP contribution < -0.4 is 9.47 Å². The van der Waals surface area contributed by atoms with Gasteiger partial charge >= 0.3 is 0 Å². The van der Waals surface area contributed by atoms with Crippen LogP contribution in [-0.2, 0) is 17.8 Å². The van der Waals surface area contributed by atoms with Crippen LogP contribution in [0.5, 0.6) is 11.6 Å². The standard InChI is InChI=1S/C23H26N2O5/c1-3-19(25-10-13-27-14-11-25)22-18(15-21-20(26-2)9-12-28-21)23(24-30-22)29-16-17-7-5-4-6-8-17/h3-9,12,19H,1,10-11,13-16H2,2H3/t19-/m0/s1. The largest absolute Gasteiger partial charge is 0.493 e. The van der Waals surface area contributed by atoms with Crippen LogP contribution in [0.3, 0.4) is 0 Å². The smallest absolute Gasteiger partial charge is 0.258 e. The zero-order valence-corrected chi connectivity index (χ0v) is 17.1. The Morgan fingerprint density at radius 1 is 1.20 bits per heavy atom. The molecule has 7 nitrogen and oxygen atoms in total. The SMILES string of the molecule is C=C[C@@H](c1onc(OCc2ccccc2)c1Cc1occc1OC)N1CCOCC1. The van der Waals surface area contributed by atoms with Crippen molar-refractivity contribution in [3.8, 4) is 11.6 Å². The van der Waals surface area contributed by atoms with Gasteiger partial charge in [-0.15, -0.1) is 6.58 Å². The zero-order chi connectivity index (χ0) is 20.8. The van der Waals surface area contributed by atoms with Gasteiger partial charge in [0.2, 0.25) is 0 Å². The molecule has 0 radical (unpaired) electrons. The molecule has 1 aliphatic heterocycles. The van der Waals surface area contributed by atoms with Crippen LogP contribution in [0, 0.1) is 0 Å². The number of methoxy groups -OCH3 is 1. The number of ether oxygens (including phenoxy) is 3. The van der Waals surface area contributed by atoms with Gasteiger partial charge in [0.05, 0.1) is 38.2 Å². The van der Waals surface area contributed by atoms with Crippen molar-refractivity contribution in [3.05, 3.63) is 78.0 Å². The Morgan fingerprint density at radius 2 is 2.00 bits per heavy atom. The van der Waals surface area contributed by atoms with Crippen molar-refractivity contribution >= 4 is 0 Å². The van der Waals surface area contributed by atoms with Gasteiger partial charge in [0.15, 0.2) is 11.5 Å². The Labute approximate surface area is 175 Å². The summed E-state index contributed by atoms with van der Waals surface area (Å²) >= 11 is 0. The van der Waals surface area contributed by atoms with Gasteiger partial charge in [0.25, 0.3) is 5.88 Å². The van der Waals surface area contributed by atoms with Crippen molar-refractivity contribution in [3.63, 3.8) is 0 Å². The molecule has 1 aliphatic rings. The normalized spacial score (nSPS) is 15.6. The summed E-state index contributed by atoms with van der Waals surface area (Å²) in [4.78, 5) is 2.26. The van der Waals surface area contributed by atoms with Crippen molar-refractivity contribution in [2.24, 2.45) is 0 Å². The lowest BCUT2D eigenvalue weighted by molar-refractivity contribution is 0.0205. The number of hydrogen-bond acceptors (Lipinski definition) is 7. The lowest BCUT2D eigenvalue weighted by Gasteiger charge is -2.31. The van der Waals surface area contributed by atoms with Crippen LogP contribution in [0.2, 0.25) is 0 Å². The van der Waals surface area contributed by atoms with Crippen LogP contribution in [0.25, 0.3) is 0 Å². The second-order valence-electron chi connectivity index (χ2n) is 7.02. The molecule has 0 bridgehead atoms. The van der Waals surface area contributed by atoms with Gasteiger partial charge in [-0.3, -0.25) is 4.90 Å². The highest BCUT2D eigenvalue weighted by atomic mass is 16.5. The molecule has 30 heavy (non-hydrogen) atoms. The van der Waals surface area contributed by atoms with E-state index in [0.717, 1.165) is 24.2 Å². The van der Waals surface area contributed by atoms with E-state index in [-0.39, 0.29) is 6.04 Å². The minimum absolute atomic E-state index is 0.133. The van der Waals surface area contributed by atoms with Crippen molar-refractivity contribution in [1.82, 2.24) is 10.1 Å². The Balaban J connectivity index is 1.64. The van der Waals surface area contributed by atoms with Crippen LogP contribution in [-0.4, -0.2) is 43.5 Å². The zero-order valence-electron chi connectivity index (χ0n) is 17.1. The number of aromatic nitrogens is 1. The second-order valence-corrected chi connectivity index (χ2v) is 7.02. The monoisotopic (exact) mass is 410 g/mol. The van der Waals surface area contributed by atoms with Gasteiger partial charge in [-0.25, -0.2) is 0 Å². The van der Waals surface area contributed by atoms with E-state index < -0.39 is 0 Å². The molecule has 2 aromatic heterocycles. The lowest BCUT2D eigenvalue weighted by atomic mass is 10.0. The summed E-state index contributed by atoms with van der Waals surface area (Å²) in [7, 11) is 1.62. The van der Waals surface area contributed by atoms with Crippen molar-refractivity contribution in [1.29, 1.82) is 0 Å². The van der Waals surface area contributed by atoms with E-state index in [1.165, 1.54) is 0 Å². The summed E-state index contributed by atoms with van der Waals surface area (Å²) in [5.41, 5.74) is 1.88. The van der Waals surface area contributed by atoms with Crippen molar-refractivity contribution in [2.45, 2.75) is 19.1 Å². The molecule has 1 aromatic carbocycles. The molecule has 0 saturated carbocycles. The molecule has 158 valence electrons. The van der Waals surface area contributed by atoms with E-state index >= 15 is 0 Å². The fraction of sp³-hybridized carbons (Fsp3) is 0.348. The molecule has 0 spiro atoms. The molecule has 3 heterocycles. The first kappa shape index (κ1) is 20.3. The third kappa shape index (κ3) is 4.42. The molecule has 0 amide bonds. The van der Waals surface area contributed by atoms with Crippen LogP contribution in [0.1, 0.15) is 28.7 Å². The third-order valence-electron chi connectivity index (χ3n) is 5.19. The number of benzene rings is 1. The van der Waals surface area contributed by atoms with Crippen LogP contribution in [0.4, 0.5) is 0 Å². The van der Waals surface area contributed by atoms with E-state index in [9.17, 15) is 0 Å². The summed E-state index contributed by atoms with van der Waals surface area (Å²) in [6.45, 7) is 7.36. The van der Waals surface area contributed by atoms with E-state index in [1.54, 1.807) is 19.4 Å². The first-order valence-corrected chi connectivity index (χ1v) is 10.00. The third-order valence-corrected chi connectivity index (χ3v) is 5.19. The highest BCUT2D eigenvalue weighted by Crippen LogP contribution is 2.35. The number of morpholine rings is 1. The molecule has 0 aliphatic carbocycles. The Hall–Kier alpha value is -3.03. The molecular weight excluding hydrogens is 384 g/mol. The average molecular weight is 410 g/mol. The molecule has 3 aromatic rings. The molecule has 1 fully saturated rings. The summed E-state index contributed by atoms with van der Waals surface area (Å²) < 4.78 is 28.4. The van der Waals surface area contributed by atoms with Gasteiger partial charge in [-0.05, 0) is 10.7 Å². The molecule has 0 N–H and O–H groups in total. The van der Waals surface area contributed by atoms with E-state index in [2.05, 4.69) is 16.6 Å². The lowest BCUT2D eigenvalue weighted by Crippen LogP contribution is -2.38. The highest BCUT2D eigenvalue weighted by molar-refractivity contribution is 5.39. The van der Waals surface area contributed by atoms with Crippen LogP contribution >= 0.6 is 0 Å². The molecule has 7 heteroatoms. The van der Waals surface area contributed by atoms with Gasteiger partial charge < -0.3 is 23.2 Å². The van der Waals surface area contributed by atoms with Gasteiger partial charge in [-0.1, -0.05) is 36.4 Å². The van der Waals surface area contributed by atoms with Gasteiger partial charge in [0.1, 0.15) is 12.4 Å². The highest BCUT2D eigenvalue weighted by Gasteiger charge is 2.30. The van der Waals surface area contributed by atoms with Crippen LogP contribution in [0.15, 0.2) is 64.3 Å². The molecule has 4 rings (SSSR count). The summed E-state index contributed by atoms with van der Waals surface area (Å²) in [6.07, 6.45) is 3.92. The molecule has 0 unspecified atom stereocenters.